The van der Waals surface area contributed by atoms with E-state index in [1.807, 2.05) is 41.8 Å². The number of benzene rings is 2. The second-order valence-electron chi connectivity index (χ2n) is 4.32. The van der Waals surface area contributed by atoms with E-state index < -0.39 is 0 Å². The molecule has 0 aliphatic carbocycles. The number of phenolic OH excluding ortho intramolecular Hbond substituents is 1. The molecule has 1 aromatic heterocycles. The summed E-state index contributed by atoms with van der Waals surface area (Å²) in [5.41, 5.74) is 2.85. The third-order valence-electron chi connectivity index (χ3n) is 2.96. The number of phenols is 1. The van der Waals surface area contributed by atoms with Crippen molar-refractivity contribution in [1.82, 2.24) is 4.98 Å². The van der Waals surface area contributed by atoms with Gasteiger partial charge in [-0.3, -0.25) is 0 Å². The topological polar surface area (TPSA) is 42.4 Å². The molecule has 0 bridgehead atoms. The number of methoxy groups -OCH3 is 1. The van der Waals surface area contributed by atoms with Crippen molar-refractivity contribution in [1.29, 1.82) is 0 Å². The Balaban J connectivity index is 1.97. The van der Waals surface area contributed by atoms with E-state index in [2.05, 4.69) is 4.98 Å². The molecule has 0 fully saturated rings. The highest BCUT2D eigenvalue weighted by atomic mass is 32.1. The predicted molar refractivity (Wildman–Crippen MR) is 81.2 cm³/mol. The fourth-order valence-electron chi connectivity index (χ4n) is 1.96. The summed E-state index contributed by atoms with van der Waals surface area (Å²) >= 11 is 1.56. The van der Waals surface area contributed by atoms with Gasteiger partial charge in [0, 0.05) is 16.5 Å². The SMILES string of the molecule is COc1cccc(-c2csc(-c3cccc(O)c3)n2)c1. The van der Waals surface area contributed by atoms with E-state index in [0.29, 0.717) is 0 Å². The average molecular weight is 283 g/mol. The Labute approximate surface area is 121 Å². The second kappa shape index (κ2) is 5.35. The molecule has 3 aromatic rings. The van der Waals surface area contributed by atoms with Gasteiger partial charge in [0.05, 0.1) is 12.8 Å². The Kier molecular flexibility index (Phi) is 3.39. The zero-order chi connectivity index (χ0) is 13.9. The van der Waals surface area contributed by atoms with Crippen molar-refractivity contribution in [2.45, 2.75) is 0 Å². The molecule has 100 valence electrons. The lowest BCUT2D eigenvalue weighted by molar-refractivity contribution is 0.415. The van der Waals surface area contributed by atoms with E-state index >= 15 is 0 Å². The monoisotopic (exact) mass is 283 g/mol. The lowest BCUT2D eigenvalue weighted by Crippen LogP contribution is -1.84. The van der Waals surface area contributed by atoms with Crippen LogP contribution in [0, 0.1) is 0 Å². The highest BCUT2D eigenvalue weighted by Crippen LogP contribution is 2.31. The molecule has 0 aliphatic rings. The maximum absolute atomic E-state index is 9.53. The summed E-state index contributed by atoms with van der Waals surface area (Å²) in [6, 6.07) is 14.9. The zero-order valence-corrected chi connectivity index (χ0v) is 11.7. The molecule has 0 amide bonds. The number of rotatable bonds is 3. The molecule has 0 spiro atoms. The number of ether oxygens (including phenoxy) is 1. The van der Waals surface area contributed by atoms with E-state index in [1.54, 1.807) is 30.6 Å². The number of thiazole rings is 1. The normalized spacial score (nSPS) is 10.4. The maximum Gasteiger partial charge on any atom is 0.124 e. The van der Waals surface area contributed by atoms with Crippen molar-refractivity contribution in [3.8, 4) is 33.3 Å². The van der Waals surface area contributed by atoms with Gasteiger partial charge in [-0.25, -0.2) is 4.98 Å². The summed E-state index contributed by atoms with van der Waals surface area (Å²) in [4.78, 5) is 4.62. The molecule has 20 heavy (non-hydrogen) atoms. The highest BCUT2D eigenvalue weighted by molar-refractivity contribution is 7.13. The largest absolute Gasteiger partial charge is 0.508 e. The van der Waals surface area contributed by atoms with Crippen molar-refractivity contribution >= 4 is 11.3 Å². The van der Waals surface area contributed by atoms with Crippen LogP contribution in [0.5, 0.6) is 11.5 Å². The van der Waals surface area contributed by atoms with Crippen LogP contribution in [0.15, 0.2) is 53.9 Å². The second-order valence-corrected chi connectivity index (χ2v) is 5.18. The van der Waals surface area contributed by atoms with Gasteiger partial charge >= 0.3 is 0 Å². The van der Waals surface area contributed by atoms with Gasteiger partial charge in [-0.1, -0.05) is 24.3 Å². The van der Waals surface area contributed by atoms with E-state index in [1.165, 1.54) is 0 Å². The Morgan fingerprint density at radius 2 is 1.85 bits per heavy atom. The van der Waals surface area contributed by atoms with Crippen LogP contribution in [0.3, 0.4) is 0 Å². The van der Waals surface area contributed by atoms with Crippen LogP contribution in [-0.2, 0) is 0 Å². The van der Waals surface area contributed by atoms with Crippen LogP contribution >= 0.6 is 11.3 Å². The highest BCUT2D eigenvalue weighted by Gasteiger charge is 2.07. The molecule has 0 atom stereocenters. The third kappa shape index (κ3) is 2.51. The van der Waals surface area contributed by atoms with E-state index in [-0.39, 0.29) is 5.75 Å². The zero-order valence-electron chi connectivity index (χ0n) is 10.9. The molecule has 0 saturated heterocycles. The molecule has 0 saturated carbocycles. The van der Waals surface area contributed by atoms with Crippen LogP contribution in [-0.4, -0.2) is 17.2 Å². The van der Waals surface area contributed by atoms with Crippen molar-refractivity contribution in [3.63, 3.8) is 0 Å². The number of aromatic hydroxyl groups is 1. The quantitative estimate of drug-likeness (QED) is 0.783. The Bertz CT molecular complexity index is 737. The minimum Gasteiger partial charge on any atom is -0.508 e. The van der Waals surface area contributed by atoms with E-state index in [0.717, 1.165) is 27.6 Å². The fourth-order valence-corrected chi connectivity index (χ4v) is 2.79. The molecule has 1 heterocycles. The standard InChI is InChI=1S/C16H13NO2S/c1-19-14-7-3-4-11(9-14)15-10-20-16(17-15)12-5-2-6-13(18)8-12/h2-10,18H,1H3. The number of hydrogen-bond acceptors (Lipinski definition) is 4. The van der Waals surface area contributed by atoms with Crippen molar-refractivity contribution in [3.05, 3.63) is 53.9 Å². The molecule has 2 aromatic carbocycles. The third-order valence-corrected chi connectivity index (χ3v) is 3.85. The number of nitrogens with zero attached hydrogens (tertiary/aromatic N) is 1. The molecule has 3 nitrogen and oxygen atoms in total. The van der Waals surface area contributed by atoms with Gasteiger partial charge < -0.3 is 9.84 Å². The van der Waals surface area contributed by atoms with Crippen molar-refractivity contribution in [2.75, 3.05) is 7.11 Å². The molecule has 0 aliphatic heterocycles. The molecule has 0 unspecified atom stereocenters. The minimum atomic E-state index is 0.251. The summed E-state index contributed by atoms with van der Waals surface area (Å²) in [5, 5.41) is 12.4. The van der Waals surface area contributed by atoms with Gasteiger partial charge in [0.15, 0.2) is 0 Å². The van der Waals surface area contributed by atoms with Gasteiger partial charge in [0.1, 0.15) is 16.5 Å². The Hall–Kier alpha value is -2.33. The molecule has 1 N–H and O–H groups in total. The van der Waals surface area contributed by atoms with Crippen LogP contribution in [0.25, 0.3) is 21.8 Å². The fraction of sp³-hybridized carbons (Fsp3) is 0.0625. The predicted octanol–water partition coefficient (Wildman–Crippen LogP) is 4.19. The first kappa shape index (κ1) is 12.7. The van der Waals surface area contributed by atoms with Crippen LogP contribution in [0.1, 0.15) is 0 Å². The Morgan fingerprint density at radius 1 is 1.05 bits per heavy atom. The maximum atomic E-state index is 9.53. The summed E-state index contributed by atoms with van der Waals surface area (Å²) in [6.45, 7) is 0. The smallest absolute Gasteiger partial charge is 0.124 e. The summed E-state index contributed by atoms with van der Waals surface area (Å²) in [7, 11) is 1.65. The molecule has 0 radical (unpaired) electrons. The van der Waals surface area contributed by atoms with Crippen LogP contribution in [0.2, 0.25) is 0 Å². The minimum absolute atomic E-state index is 0.251. The molecule has 3 rings (SSSR count). The van der Waals surface area contributed by atoms with Crippen LogP contribution < -0.4 is 4.74 Å². The van der Waals surface area contributed by atoms with Crippen LogP contribution in [0.4, 0.5) is 0 Å². The summed E-state index contributed by atoms with van der Waals surface area (Å²) in [6.07, 6.45) is 0. The van der Waals surface area contributed by atoms with Crippen molar-refractivity contribution in [2.24, 2.45) is 0 Å². The van der Waals surface area contributed by atoms with Gasteiger partial charge in [0.2, 0.25) is 0 Å². The first-order valence-corrected chi connectivity index (χ1v) is 7.03. The lowest BCUT2D eigenvalue weighted by atomic mass is 10.1. The molecular weight excluding hydrogens is 270 g/mol. The first-order chi connectivity index (χ1) is 9.76. The number of hydrogen-bond donors (Lipinski definition) is 1. The summed E-state index contributed by atoms with van der Waals surface area (Å²) in [5.74, 6) is 1.06. The van der Waals surface area contributed by atoms with Gasteiger partial charge in [-0.15, -0.1) is 11.3 Å². The lowest BCUT2D eigenvalue weighted by Gasteiger charge is -2.01. The summed E-state index contributed by atoms with van der Waals surface area (Å²) < 4.78 is 5.23. The molecule has 4 heteroatoms. The van der Waals surface area contributed by atoms with E-state index in [9.17, 15) is 5.11 Å². The average Bonchev–Trinajstić information content (AvgIpc) is 2.97. The number of aromatic nitrogens is 1. The van der Waals surface area contributed by atoms with Gasteiger partial charge in [-0.2, -0.15) is 0 Å². The van der Waals surface area contributed by atoms with E-state index in [4.69, 9.17) is 4.74 Å². The first-order valence-electron chi connectivity index (χ1n) is 6.15. The van der Waals surface area contributed by atoms with Crippen molar-refractivity contribution < 1.29 is 9.84 Å². The molecular formula is C16H13NO2S. The van der Waals surface area contributed by atoms with Gasteiger partial charge in [-0.05, 0) is 24.3 Å². The van der Waals surface area contributed by atoms with Gasteiger partial charge in [0.25, 0.3) is 0 Å². The Morgan fingerprint density at radius 3 is 2.65 bits per heavy atom.